The van der Waals surface area contributed by atoms with Gasteiger partial charge in [0.05, 0.1) is 0 Å². The van der Waals surface area contributed by atoms with Gasteiger partial charge in [-0.05, 0) is 63.4 Å². The van der Waals surface area contributed by atoms with Gasteiger partial charge in [-0.3, -0.25) is 0 Å². The molecule has 0 aliphatic heterocycles. The van der Waals surface area contributed by atoms with E-state index in [2.05, 4.69) is 60.7 Å². The Morgan fingerprint density at radius 3 is 1.86 bits per heavy atom. The van der Waals surface area contributed by atoms with E-state index in [1.54, 1.807) is 6.07 Å². The molecule has 0 spiro atoms. The minimum Gasteiger partial charge on any atom is -0.508 e. The van der Waals surface area contributed by atoms with Crippen molar-refractivity contribution in [1.29, 1.82) is 0 Å². The zero-order chi connectivity index (χ0) is 15.1. The molecule has 1 heteroatoms. The third kappa shape index (κ3) is 1.94. The van der Waals surface area contributed by atoms with E-state index in [4.69, 9.17) is 0 Å². The molecular formula is C21H16O. The van der Waals surface area contributed by atoms with E-state index >= 15 is 0 Å². The highest BCUT2D eigenvalue weighted by molar-refractivity contribution is 6.12. The summed E-state index contributed by atoms with van der Waals surface area (Å²) in [5.41, 5.74) is 3.27. The van der Waals surface area contributed by atoms with Crippen LogP contribution in [0.1, 0.15) is 5.56 Å². The number of hydrogen-bond donors (Lipinski definition) is 1. The van der Waals surface area contributed by atoms with Crippen molar-refractivity contribution in [2.45, 2.75) is 6.92 Å². The summed E-state index contributed by atoms with van der Waals surface area (Å²) >= 11 is 0. The first-order chi connectivity index (χ1) is 10.7. The largest absolute Gasteiger partial charge is 0.508 e. The molecule has 0 radical (unpaired) electrons. The van der Waals surface area contributed by atoms with Gasteiger partial charge >= 0.3 is 0 Å². The molecule has 4 aromatic carbocycles. The van der Waals surface area contributed by atoms with Crippen LogP contribution in [-0.4, -0.2) is 5.11 Å². The highest BCUT2D eigenvalue weighted by Crippen LogP contribution is 2.37. The lowest BCUT2D eigenvalue weighted by Gasteiger charge is -2.13. The van der Waals surface area contributed by atoms with E-state index in [0.717, 1.165) is 11.1 Å². The second-order valence-corrected chi connectivity index (χ2v) is 5.70. The number of phenolic OH excluding ortho intramolecular Hbond substituents is 1. The maximum Gasteiger partial charge on any atom is 0.118 e. The summed E-state index contributed by atoms with van der Waals surface area (Å²) in [4.78, 5) is 0. The van der Waals surface area contributed by atoms with E-state index < -0.39 is 0 Å². The molecule has 0 fully saturated rings. The summed E-state index contributed by atoms with van der Waals surface area (Å²) in [5.74, 6) is 0.341. The van der Waals surface area contributed by atoms with Crippen molar-refractivity contribution in [2.24, 2.45) is 0 Å². The van der Waals surface area contributed by atoms with Crippen LogP contribution in [0.4, 0.5) is 0 Å². The second kappa shape index (κ2) is 4.88. The standard InChI is InChI=1S/C21H16O/c1-14-12-17(10-11-20(14)22)21-18-8-4-2-6-15(18)13-16-7-3-5-9-19(16)21/h2-13,22H,1H3. The highest BCUT2D eigenvalue weighted by Gasteiger charge is 2.10. The molecule has 1 N–H and O–H groups in total. The minimum atomic E-state index is 0.341. The minimum absolute atomic E-state index is 0.341. The van der Waals surface area contributed by atoms with Crippen molar-refractivity contribution in [3.05, 3.63) is 78.4 Å². The topological polar surface area (TPSA) is 20.2 Å². The van der Waals surface area contributed by atoms with Gasteiger partial charge in [-0.2, -0.15) is 0 Å². The summed E-state index contributed by atoms with van der Waals surface area (Å²) in [6.45, 7) is 1.94. The Balaban J connectivity index is 2.18. The van der Waals surface area contributed by atoms with E-state index in [9.17, 15) is 5.11 Å². The smallest absolute Gasteiger partial charge is 0.118 e. The second-order valence-electron chi connectivity index (χ2n) is 5.70. The van der Waals surface area contributed by atoms with E-state index in [1.807, 2.05) is 13.0 Å². The van der Waals surface area contributed by atoms with Gasteiger partial charge < -0.3 is 5.11 Å². The number of benzene rings is 4. The number of rotatable bonds is 1. The van der Waals surface area contributed by atoms with Crippen LogP contribution in [0.25, 0.3) is 32.7 Å². The summed E-state index contributed by atoms with van der Waals surface area (Å²) in [7, 11) is 0. The van der Waals surface area contributed by atoms with Crippen molar-refractivity contribution in [1.82, 2.24) is 0 Å². The maximum absolute atomic E-state index is 9.82. The van der Waals surface area contributed by atoms with Gasteiger partial charge in [0.2, 0.25) is 0 Å². The summed E-state index contributed by atoms with van der Waals surface area (Å²) in [6, 6.07) is 25.0. The van der Waals surface area contributed by atoms with E-state index in [-0.39, 0.29) is 0 Å². The molecule has 4 aromatic rings. The number of phenols is 1. The Hall–Kier alpha value is -2.80. The Labute approximate surface area is 129 Å². The third-order valence-electron chi connectivity index (χ3n) is 4.26. The summed E-state index contributed by atoms with van der Waals surface area (Å²) < 4.78 is 0. The van der Waals surface area contributed by atoms with Crippen LogP contribution in [-0.2, 0) is 0 Å². The lowest BCUT2D eigenvalue weighted by atomic mass is 9.91. The molecule has 0 atom stereocenters. The van der Waals surface area contributed by atoms with Gasteiger partial charge in [-0.15, -0.1) is 0 Å². The molecular weight excluding hydrogens is 268 g/mol. The monoisotopic (exact) mass is 284 g/mol. The normalized spacial score (nSPS) is 11.1. The lowest BCUT2D eigenvalue weighted by molar-refractivity contribution is 0.471. The average Bonchev–Trinajstić information content (AvgIpc) is 2.55. The number of hydrogen-bond acceptors (Lipinski definition) is 1. The van der Waals surface area contributed by atoms with Crippen LogP contribution < -0.4 is 0 Å². The molecule has 4 rings (SSSR count). The molecule has 0 amide bonds. The molecule has 0 aromatic heterocycles. The number of fused-ring (bicyclic) bond motifs is 2. The summed E-state index contributed by atoms with van der Waals surface area (Å²) in [5, 5.41) is 14.8. The predicted octanol–water partition coefficient (Wildman–Crippen LogP) is 5.67. The van der Waals surface area contributed by atoms with Crippen molar-refractivity contribution >= 4 is 21.5 Å². The first-order valence-electron chi connectivity index (χ1n) is 7.44. The number of aromatic hydroxyl groups is 1. The molecule has 0 heterocycles. The zero-order valence-corrected chi connectivity index (χ0v) is 12.4. The fraction of sp³-hybridized carbons (Fsp3) is 0.0476. The first kappa shape index (κ1) is 12.9. The van der Waals surface area contributed by atoms with Gasteiger partial charge in [0.1, 0.15) is 5.75 Å². The van der Waals surface area contributed by atoms with Gasteiger partial charge in [0, 0.05) is 0 Å². The molecule has 0 unspecified atom stereocenters. The Bertz CT molecular complexity index is 945. The fourth-order valence-electron chi connectivity index (χ4n) is 3.14. The highest BCUT2D eigenvalue weighted by atomic mass is 16.3. The number of aryl methyl sites for hydroxylation is 1. The molecule has 0 saturated carbocycles. The van der Waals surface area contributed by atoms with Gasteiger partial charge in [0.15, 0.2) is 0 Å². The van der Waals surface area contributed by atoms with Gasteiger partial charge in [0.25, 0.3) is 0 Å². The third-order valence-corrected chi connectivity index (χ3v) is 4.26. The van der Waals surface area contributed by atoms with Crippen LogP contribution >= 0.6 is 0 Å². The molecule has 22 heavy (non-hydrogen) atoms. The molecule has 0 bridgehead atoms. The quantitative estimate of drug-likeness (QED) is 0.446. The van der Waals surface area contributed by atoms with Crippen LogP contribution in [0, 0.1) is 6.92 Å². The molecule has 1 nitrogen and oxygen atoms in total. The summed E-state index contributed by atoms with van der Waals surface area (Å²) in [6.07, 6.45) is 0. The average molecular weight is 284 g/mol. The zero-order valence-electron chi connectivity index (χ0n) is 12.4. The van der Waals surface area contributed by atoms with Crippen LogP contribution in [0.15, 0.2) is 72.8 Å². The van der Waals surface area contributed by atoms with Crippen molar-refractivity contribution in [3.8, 4) is 16.9 Å². The first-order valence-corrected chi connectivity index (χ1v) is 7.44. The van der Waals surface area contributed by atoms with Crippen molar-refractivity contribution in [3.63, 3.8) is 0 Å². The predicted molar refractivity (Wildman–Crippen MR) is 93.3 cm³/mol. The maximum atomic E-state index is 9.82. The molecule has 0 saturated heterocycles. The molecule has 0 aliphatic rings. The van der Waals surface area contributed by atoms with E-state index in [1.165, 1.54) is 27.1 Å². The van der Waals surface area contributed by atoms with Crippen LogP contribution in [0.5, 0.6) is 5.75 Å². The lowest BCUT2D eigenvalue weighted by Crippen LogP contribution is -1.86. The Morgan fingerprint density at radius 1 is 0.682 bits per heavy atom. The van der Waals surface area contributed by atoms with Crippen molar-refractivity contribution < 1.29 is 5.11 Å². The fourth-order valence-corrected chi connectivity index (χ4v) is 3.14. The van der Waals surface area contributed by atoms with Gasteiger partial charge in [-0.25, -0.2) is 0 Å². The van der Waals surface area contributed by atoms with Crippen LogP contribution in [0.3, 0.4) is 0 Å². The Morgan fingerprint density at radius 2 is 1.27 bits per heavy atom. The van der Waals surface area contributed by atoms with Crippen molar-refractivity contribution in [2.75, 3.05) is 0 Å². The van der Waals surface area contributed by atoms with E-state index in [0.29, 0.717) is 5.75 Å². The van der Waals surface area contributed by atoms with Crippen LogP contribution in [0.2, 0.25) is 0 Å². The Kier molecular flexibility index (Phi) is 2.87. The molecule has 0 aliphatic carbocycles. The SMILES string of the molecule is Cc1cc(-c2c3ccccc3cc3ccccc23)ccc1O. The molecule has 106 valence electrons. The van der Waals surface area contributed by atoms with Gasteiger partial charge in [-0.1, -0.05) is 54.6 Å².